The molecule has 0 heterocycles. The topological polar surface area (TPSA) is 66.8 Å². The molecule has 1 aromatic carbocycles. The molecule has 0 aliphatic heterocycles. The van der Waals surface area contributed by atoms with Gasteiger partial charge in [0, 0.05) is 17.1 Å². The first kappa shape index (κ1) is 32.9. The SMILES string of the molecule is C=C(CC[C@@H](C)C1CC[C@@]2(C)C3CCC4C(C)(C)[C@@H](OC(=O)/C=C/c5ccc(O)c(CO)c5)CC[C@@]45C[C@@]35CC[C@]12C)C(C)C. The van der Waals surface area contributed by atoms with Crippen LogP contribution in [0.2, 0.25) is 0 Å². The highest BCUT2D eigenvalue weighted by atomic mass is 16.5. The Kier molecular flexibility index (Phi) is 8.23. The van der Waals surface area contributed by atoms with E-state index in [-0.39, 0.29) is 29.8 Å². The second kappa shape index (κ2) is 11.3. The summed E-state index contributed by atoms with van der Waals surface area (Å²) in [4.78, 5) is 13.1. The number of aromatic hydroxyl groups is 1. The number of esters is 1. The molecule has 2 spiro atoms. The zero-order valence-electron chi connectivity index (χ0n) is 29.3. The van der Waals surface area contributed by atoms with Gasteiger partial charge in [-0.3, -0.25) is 0 Å². The van der Waals surface area contributed by atoms with Crippen molar-refractivity contribution in [2.75, 3.05) is 0 Å². The van der Waals surface area contributed by atoms with E-state index in [4.69, 9.17) is 4.74 Å². The Morgan fingerprint density at radius 2 is 1.69 bits per heavy atom. The molecule has 0 radical (unpaired) electrons. The molecule has 0 bridgehead atoms. The molecule has 6 rings (SSSR count). The highest BCUT2D eigenvalue weighted by Crippen LogP contribution is 2.89. The lowest BCUT2D eigenvalue weighted by Gasteiger charge is -2.63. The van der Waals surface area contributed by atoms with Gasteiger partial charge in [0.2, 0.25) is 0 Å². The van der Waals surface area contributed by atoms with E-state index in [1.165, 1.54) is 75.9 Å². The van der Waals surface area contributed by atoms with Gasteiger partial charge < -0.3 is 14.9 Å². The van der Waals surface area contributed by atoms with Gasteiger partial charge in [-0.1, -0.05) is 66.7 Å². The maximum absolute atomic E-state index is 13.1. The molecule has 0 aromatic heterocycles. The third-order valence-electron chi connectivity index (χ3n) is 15.5. The van der Waals surface area contributed by atoms with Crippen LogP contribution in [0.1, 0.15) is 130 Å². The summed E-state index contributed by atoms with van der Waals surface area (Å²) in [5, 5.41) is 19.3. The third-order valence-corrected chi connectivity index (χ3v) is 15.5. The summed E-state index contributed by atoms with van der Waals surface area (Å²) < 4.78 is 6.22. The van der Waals surface area contributed by atoms with Crippen LogP contribution in [0.5, 0.6) is 5.75 Å². The van der Waals surface area contributed by atoms with Crippen molar-refractivity contribution in [1.29, 1.82) is 0 Å². The highest BCUT2D eigenvalue weighted by Gasteiger charge is 2.82. The number of ether oxygens (including phenoxy) is 1. The molecule has 1 aromatic rings. The van der Waals surface area contributed by atoms with Gasteiger partial charge >= 0.3 is 5.97 Å². The average molecular weight is 617 g/mol. The minimum absolute atomic E-state index is 0.0496. The fourth-order valence-electron chi connectivity index (χ4n) is 12.6. The number of benzene rings is 1. The number of aliphatic hydroxyl groups is 1. The fraction of sp³-hybridized carbons (Fsp3) is 0.732. The van der Waals surface area contributed by atoms with Gasteiger partial charge in [-0.15, -0.1) is 0 Å². The van der Waals surface area contributed by atoms with E-state index in [9.17, 15) is 15.0 Å². The van der Waals surface area contributed by atoms with Crippen molar-refractivity contribution in [1.82, 2.24) is 0 Å². The summed E-state index contributed by atoms with van der Waals surface area (Å²) in [5.74, 6) is 3.36. The van der Waals surface area contributed by atoms with Crippen molar-refractivity contribution in [3.8, 4) is 5.75 Å². The first-order valence-electron chi connectivity index (χ1n) is 18.1. The monoisotopic (exact) mass is 616 g/mol. The molecule has 248 valence electrons. The Hall–Kier alpha value is -2.07. The van der Waals surface area contributed by atoms with Crippen LogP contribution in [-0.2, 0) is 16.1 Å². The second-order valence-corrected chi connectivity index (χ2v) is 17.6. The summed E-state index contributed by atoms with van der Waals surface area (Å²) >= 11 is 0. The number of carbonyl (C=O) groups is 1. The van der Waals surface area contributed by atoms with Crippen LogP contribution in [0.25, 0.3) is 6.08 Å². The predicted molar refractivity (Wildman–Crippen MR) is 182 cm³/mol. The number of carbonyl (C=O) groups excluding carboxylic acids is 1. The molecule has 9 atom stereocenters. The number of allylic oxidation sites excluding steroid dienone is 1. The minimum atomic E-state index is -0.300. The number of aliphatic hydroxyl groups excluding tert-OH is 1. The van der Waals surface area contributed by atoms with Gasteiger partial charge in [-0.25, -0.2) is 4.79 Å². The van der Waals surface area contributed by atoms with Gasteiger partial charge in [-0.2, -0.15) is 0 Å². The van der Waals surface area contributed by atoms with E-state index in [2.05, 4.69) is 55.0 Å². The Morgan fingerprint density at radius 1 is 0.978 bits per heavy atom. The highest BCUT2D eigenvalue weighted by molar-refractivity contribution is 5.87. The molecular weight excluding hydrogens is 556 g/mol. The van der Waals surface area contributed by atoms with Gasteiger partial charge in [0.1, 0.15) is 11.9 Å². The zero-order valence-corrected chi connectivity index (χ0v) is 29.3. The number of hydrogen-bond acceptors (Lipinski definition) is 4. The predicted octanol–water partition coefficient (Wildman–Crippen LogP) is 9.88. The molecule has 2 N–H and O–H groups in total. The molecule has 4 heteroatoms. The molecular formula is C41H60O4. The third kappa shape index (κ3) is 4.89. The van der Waals surface area contributed by atoms with Gasteiger partial charge in [0.25, 0.3) is 0 Å². The quantitative estimate of drug-likeness (QED) is 0.165. The van der Waals surface area contributed by atoms with Crippen LogP contribution in [0.15, 0.2) is 36.4 Å². The van der Waals surface area contributed by atoms with Crippen molar-refractivity contribution in [2.45, 2.75) is 132 Å². The second-order valence-electron chi connectivity index (χ2n) is 17.6. The first-order valence-corrected chi connectivity index (χ1v) is 18.1. The van der Waals surface area contributed by atoms with E-state index in [0.29, 0.717) is 39.1 Å². The lowest BCUT2D eigenvalue weighted by atomic mass is 9.41. The number of phenols is 1. The summed E-state index contributed by atoms with van der Waals surface area (Å²) in [6, 6.07) is 4.99. The Balaban J connectivity index is 1.14. The Bertz CT molecular complexity index is 1360. The summed E-state index contributed by atoms with van der Waals surface area (Å²) in [6.07, 6.45) is 17.3. The number of rotatable bonds is 9. The van der Waals surface area contributed by atoms with Gasteiger partial charge in [0.05, 0.1) is 6.61 Å². The van der Waals surface area contributed by atoms with Crippen molar-refractivity contribution in [3.05, 3.63) is 47.6 Å². The Morgan fingerprint density at radius 3 is 2.40 bits per heavy atom. The molecule has 45 heavy (non-hydrogen) atoms. The number of fused-ring (bicyclic) bond motifs is 2. The molecule has 5 saturated carbocycles. The molecule has 4 nitrogen and oxygen atoms in total. The normalized spacial score (nSPS) is 40.3. The summed E-state index contributed by atoms with van der Waals surface area (Å²) in [7, 11) is 0. The lowest BCUT2D eigenvalue weighted by molar-refractivity contribution is -0.179. The zero-order chi connectivity index (χ0) is 32.6. The van der Waals surface area contributed by atoms with Crippen LogP contribution >= 0.6 is 0 Å². The fourth-order valence-corrected chi connectivity index (χ4v) is 12.6. The summed E-state index contributed by atoms with van der Waals surface area (Å²) in [5.41, 5.74) is 4.35. The van der Waals surface area contributed by atoms with Crippen LogP contribution in [0.3, 0.4) is 0 Å². The average Bonchev–Trinajstić information content (AvgIpc) is 3.58. The minimum Gasteiger partial charge on any atom is -0.508 e. The smallest absolute Gasteiger partial charge is 0.331 e. The maximum Gasteiger partial charge on any atom is 0.331 e. The van der Waals surface area contributed by atoms with Crippen molar-refractivity contribution >= 4 is 12.0 Å². The van der Waals surface area contributed by atoms with Crippen LogP contribution in [-0.4, -0.2) is 22.3 Å². The number of hydrogen-bond donors (Lipinski definition) is 2. The largest absolute Gasteiger partial charge is 0.508 e. The molecule has 5 aliphatic rings. The van der Waals surface area contributed by atoms with E-state index < -0.39 is 0 Å². The van der Waals surface area contributed by atoms with Crippen LogP contribution < -0.4 is 0 Å². The lowest BCUT2D eigenvalue weighted by Crippen LogP contribution is -2.58. The summed E-state index contributed by atoms with van der Waals surface area (Å²) in [6.45, 7) is 21.4. The molecule has 3 unspecified atom stereocenters. The van der Waals surface area contributed by atoms with E-state index in [1.807, 2.05) is 0 Å². The van der Waals surface area contributed by atoms with E-state index in [0.717, 1.165) is 29.7 Å². The molecule has 5 fully saturated rings. The molecule has 0 saturated heterocycles. The Labute approximate surface area is 273 Å². The van der Waals surface area contributed by atoms with E-state index >= 15 is 0 Å². The van der Waals surface area contributed by atoms with Crippen molar-refractivity contribution < 1.29 is 19.7 Å². The van der Waals surface area contributed by atoms with E-state index in [1.54, 1.807) is 24.3 Å². The molecule has 0 amide bonds. The molecule has 5 aliphatic carbocycles. The van der Waals surface area contributed by atoms with Crippen molar-refractivity contribution in [2.24, 2.45) is 56.7 Å². The maximum atomic E-state index is 13.1. The van der Waals surface area contributed by atoms with Gasteiger partial charge in [0.15, 0.2) is 0 Å². The van der Waals surface area contributed by atoms with Gasteiger partial charge in [-0.05, 0) is 146 Å². The van der Waals surface area contributed by atoms with Crippen LogP contribution in [0, 0.1) is 56.7 Å². The van der Waals surface area contributed by atoms with Crippen molar-refractivity contribution in [3.63, 3.8) is 0 Å². The van der Waals surface area contributed by atoms with Crippen LogP contribution in [0.4, 0.5) is 0 Å². The standard InChI is InChI=1S/C41H60O4/c1-26(2)27(3)9-10-28(4)31-17-19-39(8)34-15-14-33-37(5,6)35(18-20-40(33)25-41(34,40)22-21-38(31,39)7)45-36(44)16-12-29-11-13-32(43)30(23-29)24-42/h11-13,16,23,26,28,31,33-35,42-43H,3,9-10,14-15,17-22,24-25H2,1-2,4-8H3/b16-12+/t28-,31?,33?,34?,35+,38-,39+,40-,41+/m1/s1. The first-order chi connectivity index (χ1) is 21.1.